The quantitative estimate of drug-likeness (QED) is 0.689. The fourth-order valence-electron chi connectivity index (χ4n) is 3.04. The third-order valence-electron chi connectivity index (χ3n) is 4.51. The summed E-state index contributed by atoms with van der Waals surface area (Å²) in [4.78, 5) is 33.3. The maximum atomic E-state index is 13.1. The van der Waals surface area contributed by atoms with E-state index in [1.807, 2.05) is 20.8 Å². The molecule has 0 bridgehead atoms. The molecular weight excluding hydrogens is 379 g/mol. The predicted molar refractivity (Wildman–Crippen MR) is 102 cm³/mol. The predicted octanol–water partition coefficient (Wildman–Crippen LogP) is 1.74. The average molecular weight is 400 g/mol. The Bertz CT molecular complexity index is 1160. The molecule has 0 aliphatic heterocycles. The van der Waals surface area contributed by atoms with Gasteiger partial charge in [0.2, 0.25) is 11.8 Å². The van der Waals surface area contributed by atoms with Gasteiger partial charge in [0.25, 0.3) is 11.5 Å². The maximum absolute atomic E-state index is 13.1. The molecule has 9 nitrogen and oxygen atoms in total. The van der Waals surface area contributed by atoms with Crippen LogP contribution in [-0.4, -0.2) is 41.2 Å². The molecule has 1 aliphatic rings. The van der Waals surface area contributed by atoms with Crippen LogP contribution in [0.5, 0.6) is 5.88 Å². The fourth-order valence-corrected chi connectivity index (χ4v) is 3.04. The molecule has 4 rings (SSSR count). The van der Waals surface area contributed by atoms with E-state index in [2.05, 4.69) is 20.4 Å². The summed E-state index contributed by atoms with van der Waals surface area (Å²) in [6.07, 6.45) is 3.86. The Morgan fingerprint density at radius 3 is 2.59 bits per heavy atom. The molecule has 0 unspecified atom stereocenters. The van der Waals surface area contributed by atoms with Crippen molar-refractivity contribution < 1.29 is 14.3 Å². The van der Waals surface area contributed by atoms with Crippen LogP contribution in [0.2, 0.25) is 0 Å². The molecule has 1 saturated carbocycles. The van der Waals surface area contributed by atoms with E-state index in [4.69, 9.17) is 0 Å². The van der Waals surface area contributed by atoms with Crippen molar-refractivity contribution in [3.05, 3.63) is 40.3 Å². The van der Waals surface area contributed by atoms with Crippen LogP contribution < -0.4 is 10.9 Å². The molecule has 2 N–H and O–H groups in total. The Labute approximate surface area is 165 Å². The normalized spacial score (nSPS) is 14.3. The SMILES string of the molecule is CC(C)(C)Cn1c(=O)c(C(=O)NC2CC2)c(O)n2nc(-c3cnc(F)cn3)cc12. The van der Waals surface area contributed by atoms with Gasteiger partial charge in [-0.05, 0) is 18.3 Å². The topological polar surface area (TPSA) is 114 Å². The van der Waals surface area contributed by atoms with Gasteiger partial charge in [-0.25, -0.2) is 9.97 Å². The van der Waals surface area contributed by atoms with Crippen LogP contribution in [0.1, 0.15) is 44.0 Å². The zero-order valence-corrected chi connectivity index (χ0v) is 16.3. The Kier molecular flexibility index (Phi) is 4.36. The molecule has 1 aliphatic carbocycles. The zero-order valence-electron chi connectivity index (χ0n) is 16.3. The first kappa shape index (κ1) is 19.0. The van der Waals surface area contributed by atoms with Crippen LogP contribution in [-0.2, 0) is 6.54 Å². The molecular formula is C19H21FN6O3. The lowest BCUT2D eigenvalue weighted by Crippen LogP contribution is -2.37. The molecule has 0 spiro atoms. The van der Waals surface area contributed by atoms with Gasteiger partial charge < -0.3 is 10.4 Å². The second kappa shape index (κ2) is 6.64. The summed E-state index contributed by atoms with van der Waals surface area (Å²) in [5.41, 5.74) is -0.381. The first-order valence-electron chi connectivity index (χ1n) is 9.28. The van der Waals surface area contributed by atoms with Crippen molar-refractivity contribution in [3.63, 3.8) is 0 Å². The lowest BCUT2D eigenvalue weighted by molar-refractivity contribution is 0.0944. The summed E-state index contributed by atoms with van der Waals surface area (Å²) in [5, 5.41) is 17.7. The largest absolute Gasteiger partial charge is 0.492 e. The van der Waals surface area contributed by atoms with Crippen LogP contribution in [0.25, 0.3) is 17.0 Å². The van der Waals surface area contributed by atoms with E-state index in [-0.39, 0.29) is 28.4 Å². The van der Waals surface area contributed by atoms with Crippen molar-refractivity contribution >= 4 is 11.6 Å². The molecule has 0 atom stereocenters. The highest BCUT2D eigenvalue weighted by molar-refractivity contribution is 5.96. The summed E-state index contributed by atoms with van der Waals surface area (Å²) in [6.45, 7) is 6.15. The van der Waals surface area contributed by atoms with Gasteiger partial charge >= 0.3 is 0 Å². The molecule has 152 valence electrons. The standard InChI is InChI=1S/C19H21FN6O3/c1-19(2,3)9-25-14-6-11(12-7-22-13(20)8-21-12)24-26(14)18(29)15(17(25)28)16(27)23-10-4-5-10/h6-8,10,29H,4-5,9H2,1-3H3,(H,23,27). The minimum Gasteiger partial charge on any atom is -0.492 e. The molecule has 3 aromatic rings. The van der Waals surface area contributed by atoms with Crippen molar-refractivity contribution in [1.29, 1.82) is 0 Å². The number of aromatic nitrogens is 5. The maximum Gasteiger partial charge on any atom is 0.270 e. The van der Waals surface area contributed by atoms with E-state index >= 15 is 0 Å². The van der Waals surface area contributed by atoms with E-state index in [0.29, 0.717) is 12.2 Å². The minimum atomic E-state index is -0.732. The number of halogens is 1. The number of fused-ring (bicyclic) bond motifs is 1. The van der Waals surface area contributed by atoms with Gasteiger partial charge in [-0.1, -0.05) is 20.8 Å². The van der Waals surface area contributed by atoms with Gasteiger partial charge in [0, 0.05) is 18.7 Å². The molecule has 29 heavy (non-hydrogen) atoms. The van der Waals surface area contributed by atoms with Crippen molar-refractivity contribution in [2.24, 2.45) is 5.41 Å². The van der Waals surface area contributed by atoms with Crippen molar-refractivity contribution in [3.8, 4) is 17.3 Å². The highest BCUT2D eigenvalue weighted by atomic mass is 19.1. The summed E-state index contributed by atoms with van der Waals surface area (Å²) in [6, 6.07) is 1.58. The lowest BCUT2D eigenvalue weighted by Gasteiger charge is -2.21. The van der Waals surface area contributed by atoms with Gasteiger partial charge in [-0.15, -0.1) is 0 Å². The van der Waals surface area contributed by atoms with Crippen LogP contribution >= 0.6 is 0 Å². The van der Waals surface area contributed by atoms with Crippen molar-refractivity contribution in [2.45, 2.75) is 46.2 Å². The highest BCUT2D eigenvalue weighted by Crippen LogP contribution is 2.26. The third-order valence-corrected chi connectivity index (χ3v) is 4.51. The lowest BCUT2D eigenvalue weighted by atomic mass is 9.97. The van der Waals surface area contributed by atoms with Gasteiger partial charge in [0.05, 0.1) is 12.4 Å². The number of hydrogen-bond acceptors (Lipinski definition) is 6. The summed E-state index contributed by atoms with van der Waals surface area (Å²) in [7, 11) is 0. The van der Waals surface area contributed by atoms with Crippen molar-refractivity contribution in [2.75, 3.05) is 0 Å². The first-order chi connectivity index (χ1) is 13.6. The number of nitrogens with one attached hydrogen (secondary N) is 1. The molecule has 3 aromatic heterocycles. The molecule has 10 heteroatoms. The first-order valence-corrected chi connectivity index (χ1v) is 9.28. The molecule has 1 fully saturated rings. The molecule has 1 amide bonds. The van der Waals surface area contributed by atoms with Gasteiger partial charge in [0.15, 0.2) is 5.56 Å². The smallest absolute Gasteiger partial charge is 0.270 e. The van der Waals surface area contributed by atoms with Gasteiger partial charge in [0.1, 0.15) is 17.0 Å². The number of carbonyl (C=O) groups is 1. The Balaban J connectivity index is 1.93. The van der Waals surface area contributed by atoms with Crippen LogP contribution in [0.3, 0.4) is 0 Å². The molecule has 0 radical (unpaired) electrons. The van der Waals surface area contributed by atoms with Gasteiger partial charge in [-0.3, -0.25) is 14.2 Å². The van der Waals surface area contributed by atoms with Gasteiger partial charge in [-0.2, -0.15) is 14.0 Å². The fraction of sp³-hybridized carbons (Fsp3) is 0.421. The molecule has 0 saturated heterocycles. The number of aromatic hydroxyl groups is 1. The monoisotopic (exact) mass is 400 g/mol. The summed E-state index contributed by atoms with van der Waals surface area (Å²) in [5.74, 6) is -1.91. The summed E-state index contributed by atoms with van der Waals surface area (Å²) >= 11 is 0. The second-order valence-electron chi connectivity index (χ2n) is 8.42. The Morgan fingerprint density at radius 2 is 2.00 bits per heavy atom. The average Bonchev–Trinajstić information content (AvgIpc) is 3.33. The second-order valence-corrected chi connectivity index (χ2v) is 8.42. The number of amides is 1. The third kappa shape index (κ3) is 3.69. The zero-order chi connectivity index (χ0) is 20.9. The Hall–Kier alpha value is -3.30. The van der Waals surface area contributed by atoms with E-state index in [9.17, 15) is 19.1 Å². The number of nitrogens with zero attached hydrogens (tertiary/aromatic N) is 5. The molecule has 0 aromatic carbocycles. The van der Waals surface area contributed by atoms with E-state index in [0.717, 1.165) is 23.6 Å². The van der Waals surface area contributed by atoms with E-state index in [1.165, 1.54) is 10.8 Å². The van der Waals surface area contributed by atoms with Crippen molar-refractivity contribution in [1.82, 2.24) is 29.5 Å². The number of carbonyl (C=O) groups excluding carboxylic acids is 1. The van der Waals surface area contributed by atoms with E-state index in [1.54, 1.807) is 6.07 Å². The van der Waals surface area contributed by atoms with Crippen LogP contribution in [0.4, 0.5) is 4.39 Å². The Morgan fingerprint density at radius 1 is 1.28 bits per heavy atom. The summed E-state index contributed by atoms with van der Waals surface area (Å²) < 4.78 is 15.6. The number of hydrogen-bond donors (Lipinski definition) is 2. The minimum absolute atomic E-state index is 0.0238. The van der Waals surface area contributed by atoms with Crippen LogP contribution in [0, 0.1) is 11.4 Å². The number of rotatable bonds is 4. The van der Waals surface area contributed by atoms with Crippen LogP contribution in [0.15, 0.2) is 23.3 Å². The molecule has 3 heterocycles. The van der Waals surface area contributed by atoms with E-state index < -0.39 is 23.3 Å². The highest BCUT2D eigenvalue weighted by Gasteiger charge is 2.30.